The van der Waals surface area contributed by atoms with Crippen LogP contribution >= 0.6 is 11.8 Å². The fourth-order valence-electron chi connectivity index (χ4n) is 1.59. The zero-order valence-electron chi connectivity index (χ0n) is 10.8. The molecule has 0 aliphatic heterocycles. The monoisotopic (exact) mass is 304 g/mol. The molecule has 0 aliphatic carbocycles. The van der Waals surface area contributed by atoms with E-state index >= 15 is 0 Å². The number of carbonyl (C=O) groups is 2. The quantitative estimate of drug-likeness (QED) is 0.578. The number of aromatic nitrogens is 1. The second-order valence-electron chi connectivity index (χ2n) is 4.05. The van der Waals surface area contributed by atoms with Crippen LogP contribution in [0.25, 0.3) is 0 Å². The van der Waals surface area contributed by atoms with Crippen molar-refractivity contribution < 1.29 is 19.8 Å². The lowest BCUT2D eigenvalue weighted by Gasteiger charge is -2.08. The van der Waals surface area contributed by atoms with Crippen molar-refractivity contribution in [1.82, 2.24) is 4.98 Å². The van der Waals surface area contributed by atoms with Gasteiger partial charge >= 0.3 is 5.97 Å². The summed E-state index contributed by atoms with van der Waals surface area (Å²) in [5.74, 6) is -1.58. The van der Waals surface area contributed by atoms with Gasteiger partial charge in [0.2, 0.25) is 5.91 Å². The summed E-state index contributed by atoms with van der Waals surface area (Å²) in [6, 6.07) is 7.32. The second kappa shape index (κ2) is 6.76. The fourth-order valence-corrected chi connectivity index (χ4v) is 2.27. The van der Waals surface area contributed by atoms with Gasteiger partial charge in [-0.2, -0.15) is 0 Å². The third-order valence-electron chi connectivity index (χ3n) is 2.53. The summed E-state index contributed by atoms with van der Waals surface area (Å²) in [4.78, 5) is 27.7. The van der Waals surface area contributed by atoms with Crippen LogP contribution in [0.15, 0.2) is 47.6 Å². The molecule has 0 spiro atoms. The van der Waals surface area contributed by atoms with E-state index in [-0.39, 0.29) is 28.7 Å². The normalized spacial score (nSPS) is 10.1. The molecule has 2 aromatic rings. The average molecular weight is 304 g/mol. The van der Waals surface area contributed by atoms with E-state index in [9.17, 15) is 14.7 Å². The van der Waals surface area contributed by atoms with Crippen molar-refractivity contribution in [2.24, 2.45) is 0 Å². The maximum atomic E-state index is 11.8. The molecule has 0 radical (unpaired) electrons. The Hall–Kier alpha value is -2.54. The number of benzene rings is 1. The van der Waals surface area contributed by atoms with E-state index in [1.807, 2.05) is 0 Å². The predicted molar refractivity (Wildman–Crippen MR) is 78.7 cm³/mol. The number of hydrogen-bond donors (Lipinski definition) is 3. The molecule has 7 heteroatoms. The number of phenolic OH excluding ortho intramolecular Hbond substituents is 1. The smallest absolute Gasteiger partial charge is 0.337 e. The number of carbonyl (C=O) groups excluding carboxylic acids is 1. The van der Waals surface area contributed by atoms with Crippen molar-refractivity contribution in [3.05, 3.63) is 48.3 Å². The highest BCUT2D eigenvalue weighted by Gasteiger charge is 2.13. The van der Waals surface area contributed by atoms with E-state index in [1.165, 1.54) is 23.9 Å². The van der Waals surface area contributed by atoms with Crippen LogP contribution in [0.1, 0.15) is 10.4 Å². The van der Waals surface area contributed by atoms with Crippen LogP contribution in [0.4, 0.5) is 5.69 Å². The molecule has 21 heavy (non-hydrogen) atoms. The number of phenols is 1. The Morgan fingerprint density at radius 3 is 2.57 bits per heavy atom. The van der Waals surface area contributed by atoms with Crippen molar-refractivity contribution in [2.75, 3.05) is 11.1 Å². The van der Waals surface area contributed by atoms with Crippen LogP contribution in [-0.4, -0.2) is 32.8 Å². The Kier molecular flexibility index (Phi) is 4.78. The maximum absolute atomic E-state index is 11.8. The van der Waals surface area contributed by atoms with E-state index < -0.39 is 5.97 Å². The lowest BCUT2D eigenvalue weighted by Crippen LogP contribution is -2.16. The molecule has 0 atom stereocenters. The summed E-state index contributed by atoms with van der Waals surface area (Å²) in [7, 11) is 0. The maximum Gasteiger partial charge on any atom is 0.337 e. The van der Waals surface area contributed by atoms with Gasteiger partial charge in [0.25, 0.3) is 0 Å². The Morgan fingerprint density at radius 2 is 1.90 bits per heavy atom. The highest BCUT2D eigenvalue weighted by molar-refractivity contribution is 8.00. The summed E-state index contributed by atoms with van der Waals surface area (Å²) in [6.45, 7) is 0. The van der Waals surface area contributed by atoms with Gasteiger partial charge in [-0.05, 0) is 30.3 Å². The van der Waals surface area contributed by atoms with Gasteiger partial charge in [-0.15, -0.1) is 11.8 Å². The van der Waals surface area contributed by atoms with E-state index in [1.54, 1.807) is 24.5 Å². The molecule has 0 fully saturated rings. The largest absolute Gasteiger partial charge is 0.508 e. The minimum absolute atomic E-state index is 0.143. The SMILES string of the molecule is O=C(CSc1ccncc1)Nc1ccc(O)cc1C(=O)O. The number of amides is 1. The number of anilines is 1. The highest BCUT2D eigenvalue weighted by Crippen LogP contribution is 2.22. The minimum atomic E-state index is -1.22. The Bertz CT molecular complexity index is 661. The predicted octanol–water partition coefficient (Wildman–Crippen LogP) is 2.22. The van der Waals surface area contributed by atoms with Gasteiger partial charge in [-0.3, -0.25) is 9.78 Å². The number of carboxylic acid groups (broad SMARTS) is 1. The third-order valence-corrected chi connectivity index (χ3v) is 3.54. The molecule has 0 bridgehead atoms. The molecule has 1 amide bonds. The fraction of sp³-hybridized carbons (Fsp3) is 0.0714. The number of hydrogen-bond acceptors (Lipinski definition) is 5. The van der Waals surface area contributed by atoms with Crippen LogP contribution in [0.2, 0.25) is 0 Å². The van der Waals surface area contributed by atoms with Crippen molar-refractivity contribution >= 4 is 29.3 Å². The lowest BCUT2D eigenvalue weighted by molar-refractivity contribution is -0.113. The molecule has 108 valence electrons. The minimum Gasteiger partial charge on any atom is -0.508 e. The van der Waals surface area contributed by atoms with Crippen LogP contribution in [0, 0.1) is 0 Å². The van der Waals surface area contributed by atoms with Crippen LogP contribution in [-0.2, 0) is 4.79 Å². The van der Waals surface area contributed by atoms with E-state index in [0.717, 1.165) is 11.0 Å². The zero-order chi connectivity index (χ0) is 15.2. The lowest BCUT2D eigenvalue weighted by atomic mass is 10.1. The second-order valence-corrected chi connectivity index (χ2v) is 5.10. The number of thioether (sulfide) groups is 1. The summed E-state index contributed by atoms with van der Waals surface area (Å²) in [6.07, 6.45) is 3.26. The van der Waals surface area contributed by atoms with Crippen LogP contribution < -0.4 is 5.32 Å². The average Bonchev–Trinajstić information content (AvgIpc) is 2.48. The number of rotatable bonds is 5. The van der Waals surface area contributed by atoms with Crippen molar-refractivity contribution in [3.63, 3.8) is 0 Å². The first-order chi connectivity index (χ1) is 10.1. The number of carboxylic acids is 1. The topological polar surface area (TPSA) is 99.5 Å². The van der Waals surface area contributed by atoms with E-state index in [0.29, 0.717) is 0 Å². The molecular weight excluding hydrogens is 292 g/mol. The molecule has 0 unspecified atom stereocenters. The van der Waals surface area contributed by atoms with Crippen molar-refractivity contribution in [2.45, 2.75) is 4.90 Å². The number of aromatic carboxylic acids is 1. The van der Waals surface area contributed by atoms with E-state index in [4.69, 9.17) is 5.11 Å². The zero-order valence-corrected chi connectivity index (χ0v) is 11.6. The summed E-state index contributed by atoms with van der Waals surface area (Å²) >= 11 is 1.32. The molecule has 1 heterocycles. The van der Waals surface area contributed by atoms with Crippen molar-refractivity contribution in [3.8, 4) is 5.75 Å². The van der Waals surface area contributed by atoms with Gasteiger partial charge in [0.1, 0.15) is 5.75 Å². The van der Waals surface area contributed by atoms with Gasteiger partial charge in [-0.25, -0.2) is 4.79 Å². The molecule has 6 nitrogen and oxygen atoms in total. The highest BCUT2D eigenvalue weighted by atomic mass is 32.2. The van der Waals surface area contributed by atoms with E-state index in [2.05, 4.69) is 10.3 Å². The molecule has 2 rings (SSSR count). The first-order valence-electron chi connectivity index (χ1n) is 5.95. The molecule has 1 aromatic carbocycles. The van der Waals surface area contributed by atoms with Crippen LogP contribution in [0.5, 0.6) is 5.75 Å². The molecular formula is C14H12N2O4S. The number of aromatic hydroxyl groups is 1. The Morgan fingerprint density at radius 1 is 1.19 bits per heavy atom. The van der Waals surface area contributed by atoms with Crippen LogP contribution in [0.3, 0.4) is 0 Å². The van der Waals surface area contributed by atoms with Gasteiger partial charge in [-0.1, -0.05) is 0 Å². The third kappa shape index (κ3) is 4.22. The molecule has 0 saturated heterocycles. The number of pyridine rings is 1. The molecule has 0 saturated carbocycles. The van der Waals surface area contributed by atoms with Crippen molar-refractivity contribution in [1.29, 1.82) is 0 Å². The summed E-state index contributed by atoms with van der Waals surface area (Å²) < 4.78 is 0. The molecule has 0 aliphatic rings. The standard InChI is InChI=1S/C14H12N2O4S/c17-9-1-2-12(11(7-9)14(19)20)16-13(18)8-21-10-3-5-15-6-4-10/h1-7,17H,8H2,(H,16,18)(H,19,20). The number of nitrogens with zero attached hydrogens (tertiary/aromatic N) is 1. The summed E-state index contributed by atoms with van der Waals surface area (Å²) in [5, 5.41) is 20.8. The molecule has 3 N–H and O–H groups in total. The van der Waals surface area contributed by atoms with Gasteiger partial charge in [0, 0.05) is 17.3 Å². The first kappa shape index (κ1) is 14.9. The van der Waals surface area contributed by atoms with Gasteiger partial charge in [0.15, 0.2) is 0 Å². The number of nitrogens with one attached hydrogen (secondary N) is 1. The van der Waals surface area contributed by atoms with Gasteiger partial charge in [0.05, 0.1) is 17.0 Å². The molecule has 1 aromatic heterocycles. The Labute approximate surface area is 124 Å². The Balaban J connectivity index is 2.01. The summed E-state index contributed by atoms with van der Waals surface area (Å²) in [5.41, 5.74) is -0.00195. The first-order valence-corrected chi connectivity index (χ1v) is 6.94. The van der Waals surface area contributed by atoms with Gasteiger partial charge < -0.3 is 15.5 Å².